The number of aryl methyl sites for hydroxylation is 1. The maximum Gasteiger partial charge on any atom is 0.248 e. The molecule has 1 aromatic carbocycles. The molecule has 3 aromatic rings. The van der Waals surface area contributed by atoms with Gasteiger partial charge in [-0.25, -0.2) is 9.67 Å². The van der Waals surface area contributed by atoms with Crippen LogP contribution in [-0.2, 0) is 17.9 Å². The van der Waals surface area contributed by atoms with Crippen molar-refractivity contribution in [3.63, 3.8) is 0 Å². The molecule has 0 radical (unpaired) electrons. The number of carbonyl (C=O) groups is 1. The molecule has 192 valence electrons. The first-order valence-electron chi connectivity index (χ1n) is 11.9. The van der Waals surface area contributed by atoms with Gasteiger partial charge in [0.25, 0.3) is 0 Å². The van der Waals surface area contributed by atoms with Crippen LogP contribution in [0.3, 0.4) is 0 Å². The summed E-state index contributed by atoms with van der Waals surface area (Å²) in [4.78, 5) is 19.8. The van der Waals surface area contributed by atoms with E-state index >= 15 is 0 Å². The lowest BCUT2D eigenvalue weighted by molar-refractivity contribution is -0.117. The molecule has 0 spiro atoms. The van der Waals surface area contributed by atoms with Crippen LogP contribution in [0.25, 0.3) is 5.69 Å². The first-order chi connectivity index (χ1) is 17.8. The van der Waals surface area contributed by atoms with Gasteiger partial charge in [-0.05, 0) is 59.7 Å². The minimum absolute atomic E-state index is 0.144. The number of benzene rings is 1. The van der Waals surface area contributed by atoms with Crippen molar-refractivity contribution in [2.45, 2.75) is 33.0 Å². The molecular formula is C25H28ClN9O2. The number of hydrogen-bond donors (Lipinski definition) is 2. The number of tetrazole rings is 1. The van der Waals surface area contributed by atoms with Crippen molar-refractivity contribution in [3.05, 3.63) is 70.3 Å². The number of hydrogen-bond acceptors (Lipinski definition) is 9. The number of hydrazone groups is 1. The molecule has 3 atom stereocenters. The van der Waals surface area contributed by atoms with Gasteiger partial charge in [0.15, 0.2) is 0 Å². The van der Waals surface area contributed by atoms with Gasteiger partial charge in [0.1, 0.15) is 12.1 Å². The fourth-order valence-electron chi connectivity index (χ4n) is 4.70. The van der Waals surface area contributed by atoms with Gasteiger partial charge in [0.05, 0.1) is 18.3 Å². The third-order valence-electron chi connectivity index (χ3n) is 6.94. The van der Waals surface area contributed by atoms with Crippen LogP contribution in [0.15, 0.2) is 53.5 Å². The zero-order valence-electron chi connectivity index (χ0n) is 20.6. The number of nitrogens with one attached hydrogen (secondary N) is 1. The topological polar surface area (TPSA) is 125 Å². The van der Waals surface area contributed by atoms with Gasteiger partial charge in [0, 0.05) is 60.7 Å². The largest absolute Gasteiger partial charge is 0.392 e. The number of rotatable bonds is 9. The van der Waals surface area contributed by atoms with E-state index in [9.17, 15) is 9.90 Å². The summed E-state index contributed by atoms with van der Waals surface area (Å²) in [6.07, 6.45) is 2.99. The van der Waals surface area contributed by atoms with Crippen molar-refractivity contribution in [1.29, 1.82) is 0 Å². The van der Waals surface area contributed by atoms with E-state index in [-0.39, 0.29) is 18.6 Å². The minimum Gasteiger partial charge on any atom is -0.392 e. The van der Waals surface area contributed by atoms with Gasteiger partial charge < -0.3 is 15.3 Å². The average molecular weight is 522 g/mol. The fourth-order valence-corrected chi connectivity index (χ4v) is 4.90. The Morgan fingerprint density at radius 1 is 1.30 bits per heavy atom. The minimum atomic E-state index is -0.253. The molecule has 1 saturated carbocycles. The summed E-state index contributed by atoms with van der Waals surface area (Å²) in [7, 11) is 0. The highest BCUT2D eigenvalue weighted by Crippen LogP contribution is 2.46. The Balaban J connectivity index is 1.21. The predicted octanol–water partition coefficient (Wildman–Crippen LogP) is 2.08. The molecular weight excluding hydrogens is 494 g/mol. The van der Waals surface area contributed by atoms with Crippen LogP contribution in [0.2, 0.25) is 5.02 Å². The van der Waals surface area contributed by atoms with Gasteiger partial charge in [-0.3, -0.25) is 9.80 Å². The Hall–Kier alpha value is -3.83. The lowest BCUT2D eigenvalue weighted by Crippen LogP contribution is -2.26. The number of nitrogens with zero attached hydrogens (tertiary/aromatic N) is 8. The Bertz CT molecular complexity index is 1330. The average Bonchev–Trinajstić information content (AvgIpc) is 3.31. The Morgan fingerprint density at radius 3 is 2.76 bits per heavy atom. The van der Waals surface area contributed by atoms with Gasteiger partial charge in [-0.15, -0.1) is 5.10 Å². The second kappa shape index (κ2) is 10.3. The molecule has 1 aliphatic carbocycles. The maximum absolute atomic E-state index is 12.8. The number of aliphatic hydroxyl groups excluding tert-OH is 1. The molecule has 1 aliphatic heterocycles. The first-order valence-corrected chi connectivity index (χ1v) is 12.3. The molecule has 37 heavy (non-hydrogen) atoms. The molecule has 2 unspecified atom stereocenters. The standard InChI is InChI=1S/C25H28ClN9O2/c1-15(25(37)28-9-18-8-19(26)5-6-22(18)35-14-29-31-32-35)10-34(27-3)11-17-4-7-23(30-16(17)2)33-12-20-21(13-33)24(20)36/h4-8,10,14,20-21,24,36H,3,9,11-13H2,1-2H3,(H,28,37)/b15-10+/t20-,21?,24?/m1/s1. The molecule has 2 fully saturated rings. The van der Waals surface area contributed by atoms with E-state index in [2.05, 4.69) is 37.6 Å². The predicted molar refractivity (Wildman–Crippen MR) is 139 cm³/mol. The number of pyridine rings is 1. The zero-order valence-corrected chi connectivity index (χ0v) is 21.4. The second-order valence-corrected chi connectivity index (χ2v) is 9.83. The van der Waals surface area contributed by atoms with Crippen molar-refractivity contribution in [1.82, 2.24) is 35.5 Å². The maximum atomic E-state index is 12.8. The lowest BCUT2D eigenvalue weighted by atomic mass is 10.1. The first kappa shape index (κ1) is 24.8. The summed E-state index contributed by atoms with van der Waals surface area (Å²) < 4.78 is 1.52. The molecule has 2 aromatic heterocycles. The summed E-state index contributed by atoms with van der Waals surface area (Å²) in [5.41, 5.74) is 3.83. The van der Waals surface area contributed by atoms with Crippen LogP contribution < -0.4 is 10.2 Å². The number of amides is 1. The van der Waals surface area contributed by atoms with E-state index in [1.165, 1.54) is 11.0 Å². The van der Waals surface area contributed by atoms with E-state index in [4.69, 9.17) is 16.6 Å². The number of halogens is 1. The van der Waals surface area contributed by atoms with Crippen molar-refractivity contribution in [3.8, 4) is 5.69 Å². The van der Waals surface area contributed by atoms with Crippen LogP contribution in [0.4, 0.5) is 5.82 Å². The van der Waals surface area contributed by atoms with Crippen LogP contribution in [-0.4, -0.2) is 67.1 Å². The highest BCUT2D eigenvalue weighted by Gasteiger charge is 2.55. The van der Waals surface area contributed by atoms with Crippen molar-refractivity contribution < 1.29 is 9.90 Å². The molecule has 1 amide bonds. The van der Waals surface area contributed by atoms with Gasteiger partial charge in [-0.2, -0.15) is 5.10 Å². The third kappa shape index (κ3) is 5.32. The second-order valence-electron chi connectivity index (χ2n) is 9.40. The number of anilines is 1. The van der Waals surface area contributed by atoms with Crippen LogP contribution >= 0.6 is 11.6 Å². The van der Waals surface area contributed by atoms with Crippen LogP contribution in [0.5, 0.6) is 0 Å². The normalized spacial score (nSPS) is 20.5. The Morgan fingerprint density at radius 2 is 2.08 bits per heavy atom. The van der Waals surface area contributed by atoms with E-state index in [1.54, 1.807) is 36.3 Å². The lowest BCUT2D eigenvalue weighted by Gasteiger charge is -2.22. The SMILES string of the molecule is C=NN(/C=C(\C)C(=O)NCc1cc(Cl)ccc1-n1cnnn1)Cc1ccc(N2CC3C(O)[C@@H]3C2)nc1C. The molecule has 0 bridgehead atoms. The fraction of sp³-hybridized carbons (Fsp3) is 0.360. The van der Waals surface area contributed by atoms with Gasteiger partial charge >= 0.3 is 0 Å². The summed E-state index contributed by atoms with van der Waals surface area (Å²) in [6.45, 7) is 9.69. The number of piperidine rings is 1. The van der Waals surface area contributed by atoms with Crippen molar-refractivity contribution in [2.75, 3.05) is 18.0 Å². The molecule has 5 rings (SSSR count). The van der Waals surface area contributed by atoms with Crippen molar-refractivity contribution in [2.24, 2.45) is 16.9 Å². The van der Waals surface area contributed by atoms with Gasteiger partial charge in [0.2, 0.25) is 5.91 Å². The van der Waals surface area contributed by atoms with Crippen LogP contribution in [0.1, 0.15) is 23.7 Å². The molecule has 1 saturated heterocycles. The van der Waals surface area contributed by atoms with E-state index in [0.717, 1.165) is 41.4 Å². The van der Waals surface area contributed by atoms with Gasteiger partial charge in [-0.1, -0.05) is 17.7 Å². The monoisotopic (exact) mass is 521 g/mol. The number of fused-ring (bicyclic) bond motifs is 1. The highest BCUT2D eigenvalue weighted by atomic mass is 35.5. The third-order valence-corrected chi connectivity index (χ3v) is 7.18. The van der Waals surface area contributed by atoms with Crippen molar-refractivity contribution >= 4 is 30.0 Å². The molecule has 3 heterocycles. The number of aromatic nitrogens is 5. The quantitative estimate of drug-likeness (QED) is 0.249. The zero-order chi connectivity index (χ0) is 26.1. The van der Waals surface area contributed by atoms with E-state index in [0.29, 0.717) is 29.0 Å². The van der Waals surface area contributed by atoms with E-state index in [1.807, 2.05) is 19.1 Å². The Kier molecular flexibility index (Phi) is 6.90. The smallest absolute Gasteiger partial charge is 0.248 e. The molecule has 2 aliphatic rings. The molecule has 2 N–H and O–H groups in total. The summed E-state index contributed by atoms with van der Waals surface area (Å²) >= 11 is 6.17. The van der Waals surface area contributed by atoms with E-state index < -0.39 is 0 Å². The summed E-state index contributed by atoms with van der Waals surface area (Å²) in [5, 5.41) is 30.2. The molecule has 11 nitrogen and oxygen atoms in total. The molecule has 12 heteroatoms. The number of aliphatic hydroxyl groups is 1. The Labute approximate surface area is 219 Å². The highest BCUT2D eigenvalue weighted by molar-refractivity contribution is 6.30. The number of carbonyl (C=O) groups excluding carboxylic acids is 1. The summed E-state index contributed by atoms with van der Waals surface area (Å²) in [6, 6.07) is 9.33. The summed E-state index contributed by atoms with van der Waals surface area (Å²) in [5.74, 6) is 1.43. The van der Waals surface area contributed by atoms with Crippen LogP contribution in [0, 0.1) is 18.8 Å².